The monoisotopic (exact) mass is 407 g/mol. The van der Waals surface area contributed by atoms with E-state index >= 15 is 0 Å². The summed E-state index contributed by atoms with van der Waals surface area (Å²) in [6, 6.07) is 13.0. The third-order valence-electron chi connectivity index (χ3n) is 4.04. The number of hydrogen-bond acceptors (Lipinski definition) is 5. The second kappa shape index (κ2) is 9.34. The molecule has 0 saturated carbocycles. The van der Waals surface area contributed by atoms with Gasteiger partial charge in [-0.05, 0) is 31.5 Å². The predicted octanol–water partition coefficient (Wildman–Crippen LogP) is 2.86. The molecule has 27 heavy (non-hydrogen) atoms. The van der Waals surface area contributed by atoms with Gasteiger partial charge in [-0.2, -0.15) is 0 Å². The molecule has 8 heteroatoms. The number of nitrogens with zero attached hydrogens (tertiary/aromatic N) is 3. The molecule has 0 aliphatic rings. The molecule has 0 spiro atoms. The average Bonchev–Trinajstić information content (AvgIpc) is 2.66. The molecule has 0 fully saturated rings. The lowest BCUT2D eigenvalue weighted by molar-refractivity contribution is -0.130. The number of aromatic nitrogens is 1. The van der Waals surface area contributed by atoms with Crippen molar-refractivity contribution in [1.82, 2.24) is 14.2 Å². The van der Waals surface area contributed by atoms with Gasteiger partial charge in [0.25, 0.3) is 0 Å². The summed E-state index contributed by atoms with van der Waals surface area (Å²) < 4.78 is 25.3. The molecule has 1 aromatic heterocycles. The fraction of sp³-hybridized carbons (Fsp3) is 0.368. The minimum absolute atomic E-state index is 0.0261. The number of benzene rings is 1. The lowest BCUT2D eigenvalue weighted by Crippen LogP contribution is -2.36. The maximum Gasteiger partial charge on any atom is 0.244 e. The van der Waals surface area contributed by atoms with Gasteiger partial charge in [0, 0.05) is 33.4 Å². The zero-order valence-corrected chi connectivity index (χ0v) is 17.6. The third-order valence-corrected chi connectivity index (χ3v) is 6.88. The van der Waals surface area contributed by atoms with Gasteiger partial charge < -0.3 is 4.90 Å². The first-order chi connectivity index (χ1) is 12.8. The third kappa shape index (κ3) is 5.54. The summed E-state index contributed by atoms with van der Waals surface area (Å²) in [5, 5.41) is 0.293. The number of hydrogen-bond donors (Lipinski definition) is 0. The highest BCUT2D eigenvalue weighted by molar-refractivity contribution is 8.00. The Morgan fingerprint density at radius 1 is 1.15 bits per heavy atom. The van der Waals surface area contributed by atoms with Crippen LogP contribution < -0.4 is 0 Å². The van der Waals surface area contributed by atoms with Gasteiger partial charge in [-0.3, -0.25) is 4.79 Å². The summed E-state index contributed by atoms with van der Waals surface area (Å²) in [4.78, 5) is 18.9. The number of carbonyl (C=O) groups excluding carboxylic acids is 1. The Hall–Kier alpha value is -1.90. The standard InChI is InChI=1S/C19H25N3O3S2/c1-5-22(14-16-9-7-6-8-10-16)19(23)15(2)26-18-12-11-17(13-20-18)27(24,25)21(3)4/h6-13,15H,5,14H2,1-4H3. The molecule has 2 aromatic rings. The molecule has 1 unspecified atom stereocenters. The number of thioether (sulfide) groups is 1. The fourth-order valence-corrected chi connectivity index (χ4v) is 4.16. The van der Waals surface area contributed by atoms with E-state index in [2.05, 4.69) is 4.98 Å². The molecule has 0 saturated heterocycles. The normalized spacial score (nSPS) is 12.8. The van der Waals surface area contributed by atoms with Crippen molar-refractivity contribution in [3.63, 3.8) is 0 Å². The van der Waals surface area contributed by atoms with Crippen LogP contribution in [0.1, 0.15) is 19.4 Å². The van der Waals surface area contributed by atoms with Gasteiger partial charge in [0.05, 0.1) is 10.3 Å². The van der Waals surface area contributed by atoms with E-state index in [1.54, 1.807) is 11.0 Å². The Labute approximate surface area is 165 Å². The fourth-order valence-electron chi connectivity index (χ4n) is 2.44. The van der Waals surface area contributed by atoms with E-state index < -0.39 is 10.0 Å². The zero-order valence-electron chi connectivity index (χ0n) is 16.0. The summed E-state index contributed by atoms with van der Waals surface area (Å²) in [5.74, 6) is 0.0261. The van der Waals surface area contributed by atoms with E-state index in [9.17, 15) is 13.2 Å². The van der Waals surface area contributed by atoms with Gasteiger partial charge in [0.1, 0.15) is 4.90 Å². The van der Waals surface area contributed by atoms with Crippen LogP contribution in [0.4, 0.5) is 0 Å². The van der Waals surface area contributed by atoms with Crippen LogP contribution in [-0.4, -0.2) is 54.4 Å². The lowest BCUT2D eigenvalue weighted by Gasteiger charge is -2.24. The number of rotatable bonds is 8. The Morgan fingerprint density at radius 3 is 2.33 bits per heavy atom. The molecule has 1 heterocycles. The van der Waals surface area contributed by atoms with Crippen LogP contribution in [0.25, 0.3) is 0 Å². The van der Waals surface area contributed by atoms with E-state index in [1.807, 2.05) is 44.2 Å². The molecular formula is C19H25N3O3S2. The summed E-state index contributed by atoms with van der Waals surface area (Å²) >= 11 is 1.32. The van der Waals surface area contributed by atoms with Gasteiger partial charge in [0.15, 0.2) is 0 Å². The molecule has 0 radical (unpaired) electrons. The Balaban J connectivity index is 2.04. The van der Waals surface area contributed by atoms with Crippen molar-refractivity contribution >= 4 is 27.7 Å². The largest absolute Gasteiger partial charge is 0.338 e. The van der Waals surface area contributed by atoms with E-state index in [0.717, 1.165) is 9.87 Å². The SMILES string of the molecule is CCN(Cc1ccccc1)C(=O)C(C)Sc1ccc(S(=O)(=O)N(C)C)cn1. The first kappa shape index (κ1) is 21.4. The zero-order chi connectivity index (χ0) is 20.0. The lowest BCUT2D eigenvalue weighted by atomic mass is 10.2. The number of sulfonamides is 1. The molecule has 146 valence electrons. The van der Waals surface area contributed by atoms with Crippen molar-refractivity contribution < 1.29 is 13.2 Å². The maximum absolute atomic E-state index is 12.8. The predicted molar refractivity (Wildman–Crippen MR) is 108 cm³/mol. The highest BCUT2D eigenvalue weighted by Gasteiger charge is 2.22. The Morgan fingerprint density at radius 2 is 1.81 bits per heavy atom. The highest BCUT2D eigenvalue weighted by atomic mass is 32.2. The molecule has 1 amide bonds. The van der Waals surface area contributed by atoms with Crippen LogP contribution in [0.2, 0.25) is 0 Å². The van der Waals surface area contributed by atoms with Crippen molar-refractivity contribution in [2.45, 2.75) is 35.6 Å². The number of amides is 1. The second-order valence-electron chi connectivity index (χ2n) is 6.22. The van der Waals surface area contributed by atoms with Crippen molar-refractivity contribution in [3.05, 3.63) is 54.2 Å². The van der Waals surface area contributed by atoms with Crippen LogP contribution >= 0.6 is 11.8 Å². The molecule has 0 aliphatic heterocycles. The van der Waals surface area contributed by atoms with Gasteiger partial charge in [-0.25, -0.2) is 17.7 Å². The molecule has 2 rings (SSSR count). The molecule has 0 bridgehead atoms. The summed E-state index contributed by atoms with van der Waals surface area (Å²) in [6.07, 6.45) is 1.33. The second-order valence-corrected chi connectivity index (χ2v) is 9.73. The van der Waals surface area contributed by atoms with E-state index in [4.69, 9.17) is 0 Å². The van der Waals surface area contributed by atoms with Crippen molar-refractivity contribution in [1.29, 1.82) is 0 Å². The van der Waals surface area contributed by atoms with Crippen LogP contribution in [0.3, 0.4) is 0 Å². The Bertz CT molecular complexity index is 854. The highest BCUT2D eigenvalue weighted by Crippen LogP contribution is 2.24. The molecule has 6 nitrogen and oxygen atoms in total. The minimum atomic E-state index is -3.50. The minimum Gasteiger partial charge on any atom is -0.338 e. The number of pyridine rings is 1. The summed E-state index contributed by atoms with van der Waals surface area (Å²) in [5.41, 5.74) is 1.08. The average molecular weight is 408 g/mol. The van der Waals surface area contributed by atoms with E-state index in [-0.39, 0.29) is 16.1 Å². The van der Waals surface area contributed by atoms with E-state index in [0.29, 0.717) is 18.1 Å². The van der Waals surface area contributed by atoms with Gasteiger partial charge in [-0.1, -0.05) is 42.1 Å². The Kier molecular flexibility index (Phi) is 7.41. The van der Waals surface area contributed by atoms with Gasteiger partial charge >= 0.3 is 0 Å². The molecule has 1 atom stereocenters. The van der Waals surface area contributed by atoms with Gasteiger partial charge in [0.2, 0.25) is 15.9 Å². The summed E-state index contributed by atoms with van der Waals surface area (Å²) in [7, 11) is -0.550. The summed E-state index contributed by atoms with van der Waals surface area (Å²) in [6.45, 7) is 4.98. The van der Waals surface area contributed by atoms with Crippen LogP contribution in [0.5, 0.6) is 0 Å². The quantitative estimate of drug-likeness (QED) is 0.629. The van der Waals surface area contributed by atoms with E-state index in [1.165, 1.54) is 38.1 Å². The van der Waals surface area contributed by atoms with Crippen LogP contribution in [0.15, 0.2) is 58.6 Å². The molecule has 0 aliphatic carbocycles. The molecule has 0 N–H and O–H groups in total. The first-order valence-corrected chi connectivity index (χ1v) is 11.0. The van der Waals surface area contributed by atoms with Crippen LogP contribution in [-0.2, 0) is 21.4 Å². The first-order valence-electron chi connectivity index (χ1n) is 8.63. The topological polar surface area (TPSA) is 70.6 Å². The van der Waals surface area contributed by atoms with Crippen LogP contribution in [0, 0.1) is 0 Å². The smallest absolute Gasteiger partial charge is 0.244 e. The van der Waals surface area contributed by atoms with Gasteiger partial charge in [-0.15, -0.1) is 0 Å². The van der Waals surface area contributed by atoms with Crippen molar-refractivity contribution in [3.8, 4) is 0 Å². The maximum atomic E-state index is 12.8. The molecule has 1 aromatic carbocycles. The van der Waals surface area contributed by atoms with Crippen molar-refractivity contribution in [2.75, 3.05) is 20.6 Å². The number of carbonyl (C=O) groups is 1. The molecular weight excluding hydrogens is 382 g/mol. The van der Waals surface area contributed by atoms with Crippen molar-refractivity contribution in [2.24, 2.45) is 0 Å².